The zero-order valence-electron chi connectivity index (χ0n) is 14.9. The van der Waals surface area contributed by atoms with E-state index in [9.17, 15) is 13.6 Å². The van der Waals surface area contributed by atoms with Crippen molar-refractivity contribution in [1.82, 2.24) is 0 Å². The molecule has 0 aliphatic heterocycles. The van der Waals surface area contributed by atoms with Crippen LogP contribution in [-0.2, 0) is 0 Å². The van der Waals surface area contributed by atoms with Crippen LogP contribution < -0.4 is 10.5 Å². The second-order valence-corrected chi connectivity index (χ2v) is 5.06. The summed E-state index contributed by atoms with van der Waals surface area (Å²) in [5.41, 5.74) is 4.19. The summed E-state index contributed by atoms with van der Waals surface area (Å²) in [6, 6.07) is 2.15. The Morgan fingerprint density at radius 1 is 1.12 bits per heavy atom. The van der Waals surface area contributed by atoms with Crippen LogP contribution in [0.5, 0.6) is 5.75 Å². The molecule has 0 heterocycles. The Balaban J connectivity index is 0.00000254. The smallest absolute Gasteiger partial charge is 0.254 e. The highest BCUT2D eigenvalue weighted by Crippen LogP contribution is 2.23. The maximum Gasteiger partial charge on any atom is 0.254 e. The van der Waals surface area contributed by atoms with Crippen LogP contribution in [0.4, 0.5) is 8.78 Å². The first-order valence-electron chi connectivity index (χ1n) is 8.63. The second-order valence-electron chi connectivity index (χ2n) is 5.06. The van der Waals surface area contributed by atoms with Gasteiger partial charge in [0, 0.05) is 0 Å². The molecule has 0 saturated heterocycles. The fraction of sp³-hybridized carbons (Fsp3) is 0.526. The quantitative estimate of drug-likeness (QED) is 0.458. The van der Waals surface area contributed by atoms with Gasteiger partial charge in [0.15, 0.2) is 11.6 Å². The van der Waals surface area contributed by atoms with Crippen molar-refractivity contribution in [2.75, 3.05) is 6.61 Å². The molecule has 2 N–H and O–H groups in total. The number of ether oxygens (including phenoxy) is 1. The molecular weight excluding hydrogens is 312 g/mol. The fourth-order valence-corrected chi connectivity index (χ4v) is 1.97. The van der Waals surface area contributed by atoms with Crippen LogP contribution in [0.3, 0.4) is 0 Å². The average Bonchev–Trinajstić information content (AvgIpc) is 2.56. The van der Waals surface area contributed by atoms with Gasteiger partial charge in [-0.25, -0.2) is 8.78 Å². The highest BCUT2D eigenvalue weighted by molar-refractivity contribution is 5.93. The third-order valence-electron chi connectivity index (χ3n) is 3.22. The van der Waals surface area contributed by atoms with Crippen LogP contribution in [0.1, 0.15) is 69.7 Å². The van der Waals surface area contributed by atoms with E-state index in [0.717, 1.165) is 31.7 Å². The monoisotopic (exact) mass is 341 g/mol. The number of benzene rings is 1. The van der Waals surface area contributed by atoms with E-state index in [4.69, 9.17) is 10.5 Å². The molecule has 1 aromatic rings. The Morgan fingerprint density at radius 2 is 1.75 bits per heavy atom. The number of unbranched alkanes of at least 4 members (excludes halogenated alkanes) is 4. The first-order valence-corrected chi connectivity index (χ1v) is 8.63. The summed E-state index contributed by atoms with van der Waals surface area (Å²) < 4.78 is 32.4. The lowest BCUT2D eigenvalue weighted by Crippen LogP contribution is -2.16. The molecule has 136 valence electrons. The van der Waals surface area contributed by atoms with E-state index in [1.807, 2.05) is 13.8 Å². The number of carbonyl (C=O) groups excluding carboxylic acids is 1. The summed E-state index contributed by atoms with van der Waals surface area (Å²) in [7, 11) is 0. The molecular formula is C19H29F2NO2. The lowest BCUT2D eigenvalue weighted by molar-refractivity contribution is 0.0991. The summed E-state index contributed by atoms with van der Waals surface area (Å²) in [4.78, 5) is 11.0. The standard InChI is InChI=1S/C17H23F2NO2.C2H6/c1-2-3-4-5-6-7-8-9-12-22-14-11-10-13(18)15(16(14)19)17(20)21;1-2/h5-6,10-11H,2-4,7-9,12H2,1H3,(H2,20,21);1-2H3/b6-5-;. The third-order valence-corrected chi connectivity index (χ3v) is 3.22. The Hall–Kier alpha value is -1.91. The van der Waals surface area contributed by atoms with Crippen molar-refractivity contribution < 1.29 is 18.3 Å². The van der Waals surface area contributed by atoms with E-state index in [1.165, 1.54) is 18.9 Å². The van der Waals surface area contributed by atoms with Gasteiger partial charge in [-0.15, -0.1) is 0 Å². The average molecular weight is 341 g/mol. The number of hydrogen-bond acceptors (Lipinski definition) is 2. The topological polar surface area (TPSA) is 52.3 Å². The van der Waals surface area contributed by atoms with E-state index in [0.29, 0.717) is 6.61 Å². The molecule has 0 radical (unpaired) electrons. The molecule has 3 nitrogen and oxygen atoms in total. The van der Waals surface area contributed by atoms with Crippen LogP contribution in [0, 0.1) is 11.6 Å². The molecule has 1 amide bonds. The van der Waals surface area contributed by atoms with Crippen LogP contribution >= 0.6 is 0 Å². The molecule has 0 aliphatic rings. The van der Waals surface area contributed by atoms with Crippen molar-refractivity contribution in [1.29, 1.82) is 0 Å². The molecule has 0 atom stereocenters. The summed E-state index contributed by atoms with van der Waals surface area (Å²) in [5, 5.41) is 0. The number of allylic oxidation sites excluding steroid dienone is 2. The Kier molecular flexibility index (Phi) is 12.4. The second kappa shape index (κ2) is 13.5. The number of carbonyl (C=O) groups is 1. The summed E-state index contributed by atoms with van der Waals surface area (Å²) >= 11 is 0. The van der Waals surface area contributed by atoms with Gasteiger partial charge in [0.25, 0.3) is 5.91 Å². The van der Waals surface area contributed by atoms with Gasteiger partial charge in [-0.1, -0.05) is 45.8 Å². The number of rotatable bonds is 10. The Labute approximate surface area is 143 Å². The SMILES string of the molecule is CC.CCCC/C=C\CCCCOc1ccc(F)c(C(N)=O)c1F. The normalized spacial score (nSPS) is 10.4. The Morgan fingerprint density at radius 3 is 2.33 bits per heavy atom. The molecule has 5 heteroatoms. The fourth-order valence-electron chi connectivity index (χ4n) is 1.97. The number of hydrogen-bond donors (Lipinski definition) is 1. The Bertz CT molecular complexity index is 516. The maximum absolute atomic E-state index is 13.9. The van der Waals surface area contributed by atoms with Gasteiger partial charge in [-0.3, -0.25) is 4.79 Å². The van der Waals surface area contributed by atoms with Gasteiger partial charge in [0.2, 0.25) is 0 Å². The van der Waals surface area contributed by atoms with Crippen LogP contribution in [0.15, 0.2) is 24.3 Å². The molecule has 0 saturated carbocycles. The molecule has 0 spiro atoms. The first kappa shape index (κ1) is 22.1. The lowest BCUT2D eigenvalue weighted by atomic mass is 10.1. The van der Waals surface area contributed by atoms with Crippen molar-refractivity contribution in [2.24, 2.45) is 5.73 Å². The lowest BCUT2D eigenvalue weighted by Gasteiger charge is -2.09. The van der Waals surface area contributed by atoms with E-state index in [-0.39, 0.29) is 5.75 Å². The first-order chi connectivity index (χ1) is 11.6. The van der Waals surface area contributed by atoms with Crippen molar-refractivity contribution in [3.05, 3.63) is 41.5 Å². The van der Waals surface area contributed by atoms with E-state index < -0.39 is 23.1 Å². The van der Waals surface area contributed by atoms with E-state index in [2.05, 4.69) is 19.1 Å². The minimum absolute atomic E-state index is 0.145. The van der Waals surface area contributed by atoms with Gasteiger partial charge in [-0.2, -0.15) is 0 Å². The molecule has 0 bridgehead atoms. The van der Waals surface area contributed by atoms with Gasteiger partial charge in [0.05, 0.1) is 6.61 Å². The van der Waals surface area contributed by atoms with Crippen molar-refractivity contribution >= 4 is 5.91 Å². The van der Waals surface area contributed by atoms with Crippen molar-refractivity contribution in [2.45, 2.75) is 59.3 Å². The van der Waals surface area contributed by atoms with Gasteiger partial charge in [-0.05, 0) is 37.8 Å². The largest absolute Gasteiger partial charge is 0.490 e. The van der Waals surface area contributed by atoms with Crippen LogP contribution in [0.25, 0.3) is 0 Å². The molecule has 0 fully saturated rings. The summed E-state index contributed by atoms with van der Waals surface area (Å²) in [6.07, 6.45) is 10.4. The zero-order chi connectivity index (χ0) is 18.4. The molecule has 24 heavy (non-hydrogen) atoms. The minimum Gasteiger partial charge on any atom is -0.490 e. The van der Waals surface area contributed by atoms with Gasteiger partial charge >= 0.3 is 0 Å². The highest BCUT2D eigenvalue weighted by Gasteiger charge is 2.18. The number of amides is 1. The predicted molar refractivity (Wildman–Crippen MR) is 94.2 cm³/mol. The molecule has 0 unspecified atom stereocenters. The molecule has 0 aliphatic carbocycles. The van der Waals surface area contributed by atoms with Gasteiger partial charge < -0.3 is 10.5 Å². The highest BCUT2D eigenvalue weighted by atomic mass is 19.1. The number of primary amides is 1. The third kappa shape index (κ3) is 8.09. The van der Waals surface area contributed by atoms with Crippen LogP contribution in [-0.4, -0.2) is 12.5 Å². The van der Waals surface area contributed by atoms with Crippen LogP contribution in [0.2, 0.25) is 0 Å². The van der Waals surface area contributed by atoms with E-state index >= 15 is 0 Å². The number of nitrogens with two attached hydrogens (primary N) is 1. The van der Waals surface area contributed by atoms with E-state index in [1.54, 1.807) is 0 Å². The zero-order valence-corrected chi connectivity index (χ0v) is 14.9. The number of halogens is 2. The molecule has 1 aromatic carbocycles. The molecule has 0 aromatic heterocycles. The van der Waals surface area contributed by atoms with Crippen molar-refractivity contribution in [3.63, 3.8) is 0 Å². The summed E-state index contributed by atoms with van der Waals surface area (Å²) in [6.45, 7) is 6.47. The maximum atomic E-state index is 13.9. The molecule has 1 rings (SSSR count). The van der Waals surface area contributed by atoms with Gasteiger partial charge in [0.1, 0.15) is 11.4 Å². The predicted octanol–water partition coefficient (Wildman–Crippen LogP) is 5.39. The summed E-state index contributed by atoms with van der Waals surface area (Å²) in [5.74, 6) is -3.30. The van der Waals surface area contributed by atoms with Crippen molar-refractivity contribution in [3.8, 4) is 5.75 Å². The minimum atomic E-state index is -1.14.